The number of hydrogen-bond acceptors (Lipinski definition) is 2. The average Bonchev–Trinajstić information content (AvgIpc) is 3.07. The summed E-state index contributed by atoms with van der Waals surface area (Å²) in [5, 5.41) is 4.61. The maximum Gasteiger partial charge on any atom is 0.323 e. The van der Waals surface area contributed by atoms with Gasteiger partial charge in [-0.3, -0.25) is 0 Å². The fourth-order valence-corrected chi connectivity index (χ4v) is 2.62. The molecule has 5 heteroatoms. The Balaban J connectivity index is 1.61. The quantitative estimate of drug-likeness (QED) is 0.465. The lowest BCUT2D eigenvalue weighted by molar-refractivity contribution is 1.16. The molecule has 0 spiro atoms. The molecule has 0 saturated heterocycles. The number of aromatic nitrogens is 3. The zero-order valence-electron chi connectivity index (χ0n) is 11.2. The number of fused-ring (bicyclic) bond motifs is 2. The van der Waals surface area contributed by atoms with Crippen LogP contribution in [0.3, 0.4) is 0 Å². The lowest BCUT2D eigenvalue weighted by Crippen LogP contribution is -1.99. The molecule has 21 heavy (non-hydrogen) atoms. The third-order valence-corrected chi connectivity index (χ3v) is 3.67. The van der Waals surface area contributed by atoms with Gasteiger partial charge < -0.3 is 20.3 Å². The molecule has 0 aliphatic carbocycles. The van der Waals surface area contributed by atoms with E-state index in [0.717, 1.165) is 28.8 Å². The van der Waals surface area contributed by atoms with Crippen LogP contribution < -0.4 is 11.0 Å². The number of imidazole rings is 1. The molecule has 0 radical (unpaired) electrons. The molecule has 0 saturated carbocycles. The summed E-state index contributed by atoms with van der Waals surface area (Å²) in [6.07, 6.45) is 2.02. The van der Waals surface area contributed by atoms with Gasteiger partial charge in [0.2, 0.25) is 0 Å². The molecule has 4 aromatic rings. The highest BCUT2D eigenvalue weighted by molar-refractivity contribution is 5.83. The second-order valence-electron chi connectivity index (χ2n) is 5.05. The minimum atomic E-state index is -0.182. The Labute approximate surface area is 120 Å². The van der Waals surface area contributed by atoms with Crippen LogP contribution in [-0.2, 0) is 6.54 Å². The van der Waals surface area contributed by atoms with E-state index in [1.807, 2.05) is 36.5 Å². The first-order chi connectivity index (χ1) is 10.3. The molecule has 4 N–H and O–H groups in total. The Morgan fingerprint density at radius 2 is 1.81 bits per heavy atom. The van der Waals surface area contributed by atoms with Crippen LogP contribution in [0.15, 0.2) is 53.5 Å². The highest BCUT2D eigenvalue weighted by Gasteiger charge is 2.03. The van der Waals surface area contributed by atoms with Crippen molar-refractivity contribution in [2.24, 2.45) is 0 Å². The van der Waals surface area contributed by atoms with Gasteiger partial charge in [0, 0.05) is 29.3 Å². The number of rotatable bonds is 3. The first-order valence-electron chi connectivity index (χ1n) is 6.80. The molecule has 0 fully saturated rings. The fourth-order valence-electron chi connectivity index (χ4n) is 2.62. The van der Waals surface area contributed by atoms with Gasteiger partial charge in [-0.05, 0) is 29.8 Å². The van der Waals surface area contributed by atoms with Crippen LogP contribution in [0, 0.1) is 0 Å². The third kappa shape index (κ3) is 2.08. The summed E-state index contributed by atoms with van der Waals surface area (Å²) in [7, 11) is 0. The lowest BCUT2D eigenvalue weighted by Gasteiger charge is -2.05. The maximum atomic E-state index is 11.3. The van der Waals surface area contributed by atoms with Crippen molar-refractivity contribution in [1.29, 1.82) is 0 Å². The number of benzene rings is 2. The number of hydrogen-bond donors (Lipinski definition) is 4. The molecule has 2 aromatic heterocycles. The number of para-hydroxylation sites is 1. The molecule has 104 valence electrons. The van der Waals surface area contributed by atoms with Gasteiger partial charge in [-0.15, -0.1) is 0 Å². The topological polar surface area (TPSA) is 76.5 Å². The fraction of sp³-hybridized carbons (Fsp3) is 0.0625. The van der Waals surface area contributed by atoms with Crippen LogP contribution >= 0.6 is 0 Å². The van der Waals surface area contributed by atoms with Crippen molar-refractivity contribution >= 4 is 27.6 Å². The van der Waals surface area contributed by atoms with Crippen molar-refractivity contribution in [1.82, 2.24) is 15.0 Å². The van der Waals surface area contributed by atoms with E-state index in [4.69, 9.17) is 0 Å². The summed E-state index contributed by atoms with van der Waals surface area (Å²) in [5.74, 6) is 0. The van der Waals surface area contributed by atoms with Crippen molar-refractivity contribution in [2.45, 2.75) is 6.54 Å². The summed E-state index contributed by atoms with van der Waals surface area (Å²) in [6, 6.07) is 14.0. The molecule has 0 atom stereocenters. The van der Waals surface area contributed by atoms with Crippen LogP contribution in [0.4, 0.5) is 5.69 Å². The summed E-state index contributed by atoms with van der Waals surface area (Å²) in [4.78, 5) is 20.0. The smallest absolute Gasteiger partial charge is 0.323 e. The van der Waals surface area contributed by atoms with Gasteiger partial charge in [0.05, 0.1) is 11.0 Å². The Bertz CT molecular complexity index is 976. The predicted molar refractivity (Wildman–Crippen MR) is 84.5 cm³/mol. The summed E-state index contributed by atoms with van der Waals surface area (Å²) < 4.78 is 0. The van der Waals surface area contributed by atoms with Gasteiger partial charge in [0.25, 0.3) is 0 Å². The highest BCUT2D eigenvalue weighted by Crippen LogP contribution is 2.20. The van der Waals surface area contributed by atoms with E-state index in [1.165, 1.54) is 10.9 Å². The number of aromatic amines is 3. The molecule has 2 heterocycles. The molecule has 0 aliphatic rings. The minimum Gasteiger partial charge on any atom is -0.381 e. The van der Waals surface area contributed by atoms with E-state index in [2.05, 4.69) is 32.4 Å². The Morgan fingerprint density at radius 3 is 2.76 bits per heavy atom. The third-order valence-electron chi connectivity index (χ3n) is 3.67. The van der Waals surface area contributed by atoms with Crippen molar-refractivity contribution < 1.29 is 0 Å². The second-order valence-corrected chi connectivity index (χ2v) is 5.05. The molecule has 5 nitrogen and oxygen atoms in total. The van der Waals surface area contributed by atoms with E-state index >= 15 is 0 Å². The van der Waals surface area contributed by atoms with E-state index in [9.17, 15) is 4.79 Å². The van der Waals surface area contributed by atoms with Crippen molar-refractivity contribution in [3.8, 4) is 0 Å². The largest absolute Gasteiger partial charge is 0.381 e. The van der Waals surface area contributed by atoms with Gasteiger partial charge in [-0.25, -0.2) is 4.79 Å². The van der Waals surface area contributed by atoms with Crippen LogP contribution in [0.2, 0.25) is 0 Å². The molecule has 0 amide bonds. The standard InChI is InChI=1S/C16H14N4O/c21-16-19-14-6-5-11(7-15(14)20-16)17-8-10-9-18-13-4-2-1-3-12(10)13/h1-7,9,17-18H,8H2,(H2,19,20,21). The Kier molecular flexibility index (Phi) is 2.57. The SMILES string of the molecule is O=c1[nH]c2ccc(NCc3c[nH]c4ccccc34)cc2[nH]1. The van der Waals surface area contributed by atoms with Gasteiger partial charge >= 0.3 is 5.69 Å². The summed E-state index contributed by atoms with van der Waals surface area (Å²) in [5.41, 5.74) is 4.77. The van der Waals surface area contributed by atoms with Crippen molar-refractivity contribution in [3.05, 3.63) is 64.7 Å². The molecular weight excluding hydrogens is 264 g/mol. The zero-order valence-corrected chi connectivity index (χ0v) is 11.2. The highest BCUT2D eigenvalue weighted by atomic mass is 16.1. The Hall–Kier alpha value is -2.95. The van der Waals surface area contributed by atoms with Crippen molar-refractivity contribution in [3.63, 3.8) is 0 Å². The number of nitrogens with one attached hydrogen (secondary N) is 4. The van der Waals surface area contributed by atoms with E-state index < -0.39 is 0 Å². The monoisotopic (exact) mass is 278 g/mol. The number of anilines is 1. The van der Waals surface area contributed by atoms with Crippen LogP contribution in [0.5, 0.6) is 0 Å². The molecule has 0 bridgehead atoms. The van der Waals surface area contributed by atoms with Gasteiger partial charge in [-0.2, -0.15) is 0 Å². The summed E-state index contributed by atoms with van der Waals surface area (Å²) >= 11 is 0. The molecule has 0 aliphatic heterocycles. The average molecular weight is 278 g/mol. The molecule has 2 aromatic carbocycles. The maximum absolute atomic E-state index is 11.3. The van der Waals surface area contributed by atoms with Crippen LogP contribution in [-0.4, -0.2) is 15.0 Å². The zero-order chi connectivity index (χ0) is 14.2. The first kappa shape index (κ1) is 11.8. The van der Waals surface area contributed by atoms with E-state index in [1.54, 1.807) is 0 Å². The molecular formula is C16H14N4O. The minimum absolute atomic E-state index is 0.182. The van der Waals surface area contributed by atoms with Crippen LogP contribution in [0.25, 0.3) is 21.9 Å². The first-order valence-corrected chi connectivity index (χ1v) is 6.80. The van der Waals surface area contributed by atoms with Gasteiger partial charge in [0.1, 0.15) is 0 Å². The summed E-state index contributed by atoms with van der Waals surface area (Å²) in [6.45, 7) is 0.726. The van der Waals surface area contributed by atoms with Gasteiger partial charge in [-0.1, -0.05) is 18.2 Å². The number of H-pyrrole nitrogens is 3. The molecule has 4 rings (SSSR count). The Morgan fingerprint density at radius 1 is 0.952 bits per heavy atom. The lowest BCUT2D eigenvalue weighted by atomic mass is 10.1. The van der Waals surface area contributed by atoms with Crippen LogP contribution in [0.1, 0.15) is 5.56 Å². The second kappa shape index (κ2) is 4.56. The van der Waals surface area contributed by atoms with E-state index in [-0.39, 0.29) is 5.69 Å². The van der Waals surface area contributed by atoms with Crippen molar-refractivity contribution in [2.75, 3.05) is 5.32 Å². The molecule has 0 unspecified atom stereocenters. The predicted octanol–water partition coefficient (Wildman–Crippen LogP) is 2.95. The normalized spacial score (nSPS) is 11.2. The van der Waals surface area contributed by atoms with E-state index in [0.29, 0.717) is 0 Å². The van der Waals surface area contributed by atoms with Gasteiger partial charge in [0.15, 0.2) is 0 Å².